The summed E-state index contributed by atoms with van der Waals surface area (Å²) in [5.41, 5.74) is 0.461. The lowest BCUT2D eigenvalue weighted by molar-refractivity contribution is 0.0577. The molecule has 22 heavy (non-hydrogen) atoms. The summed E-state index contributed by atoms with van der Waals surface area (Å²) in [4.78, 5) is -0.297. The molecule has 0 amide bonds. The average Bonchev–Trinajstić information content (AvgIpc) is 2.49. The molecule has 0 spiro atoms. The van der Waals surface area contributed by atoms with Gasteiger partial charge in [-0.2, -0.15) is 0 Å². The largest absolute Gasteiger partial charge is 0.384 e. The molecule has 0 aromatic heterocycles. The Bertz CT molecular complexity index is 608. The Morgan fingerprint density at radius 1 is 1.36 bits per heavy atom. The van der Waals surface area contributed by atoms with Gasteiger partial charge in [-0.3, -0.25) is 0 Å². The van der Waals surface area contributed by atoms with E-state index in [0.717, 1.165) is 25.9 Å². The number of sulfonamides is 1. The molecule has 5 nitrogen and oxygen atoms in total. The van der Waals surface area contributed by atoms with Crippen LogP contribution in [0.2, 0.25) is 0 Å². The van der Waals surface area contributed by atoms with Crippen molar-refractivity contribution >= 4 is 10.0 Å². The number of aryl methyl sites for hydroxylation is 1. The highest BCUT2D eigenvalue weighted by molar-refractivity contribution is 7.89. The summed E-state index contributed by atoms with van der Waals surface area (Å²) < 4.78 is 46.4. The van der Waals surface area contributed by atoms with Gasteiger partial charge < -0.3 is 10.1 Å². The summed E-state index contributed by atoms with van der Waals surface area (Å²) >= 11 is 0. The van der Waals surface area contributed by atoms with E-state index in [4.69, 9.17) is 4.74 Å². The molecule has 1 aromatic rings. The summed E-state index contributed by atoms with van der Waals surface area (Å²) in [6.45, 7) is 4.11. The Morgan fingerprint density at radius 3 is 2.68 bits per heavy atom. The first-order valence-electron chi connectivity index (χ1n) is 7.34. The van der Waals surface area contributed by atoms with E-state index in [0.29, 0.717) is 12.2 Å². The quantitative estimate of drug-likeness (QED) is 0.828. The zero-order valence-electron chi connectivity index (χ0n) is 13.0. The van der Waals surface area contributed by atoms with Gasteiger partial charge in [0.15, 0.2) is 0 Å². The lowest BCUT2D eigenvalue weighted by Crippen LogP contribution is -2.47. The molecule has 0 atom stereocenters. The van der Waals surface area contributed by atoms with Crippen molar-refractivity contribution in [3.05, 3.63) is 29.6 Å². The van der Waals surface area contributed by atoms with Crippen molar-refractivity contribution in [3.8, 4) is 0 Å². The minimum absolute atomic E-state index is 0.243. The fourth-order valence-corrected chi connectivity index (χ4v) is 4.10. The molecule has 0 saturated carbocycles. The van der Waals surface area contributed by atoms with E-state index in [2.05, 4.69) is 10.0 Å². The molecule has 1 aliphatic heterocycles. The normalized spacial score (nSPS) is 18.3. The SMILES string of the molecule is COCC1(CNS(=O)(=O)c2cc(C)ccc2F)CCNCC1. The Balaban J connectivity index is 2.15. The molecule has 1 saturated heterocycles. The first-order chi connectivity index (χ1) is 10.4. The first kappa shape index (κ1) is 17.3. The molecule has 0 bridgehead atoms. The van der Waals surface area contributed by atoms with Crippen LogP contribution >= 0.6 is 0 Å². The Kier molecular flexibility index (Phi) is 5.55. The highest BCUT2D eigenvalue weighted by Gasteiger charge is 2.34. The summed E-state index contributed by atoms with van der Waals surface area (Å²) in [6.07, 6.45) is 1.64. The van der Waals surface area contributed by atoms with E-state index in [1.165, 1.54) is 12.1 Å². The molecule has 1 fully saturated rings. The molecule has 2 N–H and O–H groups in total. The lowest BCUT2D eigenvalue weighted by Gasteiger charge is -2.37. The predicted octanol–water partition coefficient (Wildman–Crippen LogP) is 1.43. The number of halogens is 1. The van der Waals surface area contributed by atoms with Gasteiger partial charge in [0.2, 0.25) is 10.0 Å². The molecular formula is C15H23FN2O3S. The van der Waals surface area contributed by atoms with Crippen molar-refractivity contribution in [1.82, 2.24) is 10.0 Å². The molecule has 0 aliphatic carbocycles. The molecule has 124 valence electrons. The van der Waals surface area contributed by atoms with Gasteiger partial charge in [-0.15, -0.1) is 0 Å². The van der Waals surface area contributed by atoms with Crippen molar-refractivity contribution in [2.75, 3.05) is 33.4 Å². The van der Waals surface area contributed by atoms with Crippen molar-refractivity contribution in [1.29, 1.82) is 0 Å². The second-order valence-corrected chi connectivity index (χ2v) is 7.68. The van der Waals surface area contributed by atoms with Crippen LogP contribution in [-0.2, 0) is 14.8 Å². The number of ether oxygens (including phenoxy) is 1. The fourth-order valence-electron chi connectivity index (χ4n) is 2.78. The van der Waals surface area contributed by atoms with Crippen molar-refractivity contribution in [2.24, 2.45) is 5.41 Å². The van der Waals surface area contributed by atoms with Crippen LogP contribution in [0.25, 0.3) is 0 Å². The third-order valence-electron chi connectivity index (χ3n) is 4.13. The fraction of sp³-hybridized carbons (Fsp3) is 0.600. The van der Waals surface area contributed by atoms with Crippen LogP contribution in [0, 0.1) is 18.2 Å². The minimum atomic E-state index is -3.87. The summed E-state index contributed by atoms with van der Waals surface area (Å²) in [5.74, 6) is -0.732. The van der Waals surface area contributed by atoms with Gasteiger partial charge in [0.1, 0.15) is 10.7 Å². The molecule has 0 unspecified atom stereocenters. The number of hydrogen-bond acceptors (Lipinski definition) is 4. The smallest absolute Gasteiger partial charge is 0.243 e. The summed E-state index contributed by atoms with van der Waals surface area (Å²) in [5, 5.41) is 3.25. The van der Waals surface area contributed by atoms with Crippen LogP contribution in [-0.4, -0.2) is 41.8 Å². The van der Waals surface area contributed by atoms with Crippen LogP contribution in [0.5, 0.6) is 0 Å². The molecule has 1 heterocycles. The highest BCUT2D eigenvalue weighted by atomic mass is 32.2. The number of piperidine rings is 1. The van der Waals surface area contributed by atoms with E-state index >= 15 is 0 Å². The third kappa shape index (κ3) is 4.04. The van der Waals surface area contributed by atoms with Crippen LogP contribution in [0.1, 0.15) is 18.4 Å². The second kappa shape index (κ2) is 7.04. The number of nitrogens with one attached hydrogen (secondary N) is 2. The standard InChI is InChI=1S/C15H23FN2O3S/c1-12-3-4-13(16)14(9-12)22(19,20)18-10-15(11-21-2)5-7-17-8-6-15/h3-4,9,17-18H,5-8,10-11H2,1-2H3. The molecule has 0 radical (unpaired) electrons. The molecule has 2 rings (SSSR count). The van der Waals surface area contributed by atoms with Gasteiger partial charge >= 0.3 is 0 Å². The van der Waals surface area contributed by atoms with Gasteiger partial charge in [0, 0.05) is 19.1 Å². The predicted molar refractivity (Wildman–Crippen MR) is 82.7 cm³/mol. The zero-order valence-corrected chi connectivity index (χ0v) is 13.8. The minimum Gasteiger partial charge on any atom is -0.384 e. The zero-order chi connectivity index (χ0) is 16.2. The van der Waals surface area contributed by atoms with Gasteiger partial charge in [-0.05, 0) is 50.6 Å². The van der Waals surface area contributed by atoms with Gasteiger partial charge in [-0.1, -0.05) is 6.07 Å². The van der Waals surface area contributed by atoms with E-state index in [9.17, 15) is 12.8 Å². The molecule has 7 heteroatoms. The number of benzene rings is 1. The Hall–Kier alpha value is -1.02. The molecular weight excluding hydrogens is 307 g/mol. The highest BCUT2D eigenvalue weighted by Crippen LogP contribution is 2.29. The van der Waals surface area contributed by atoms with Crippen LogP contribution < -0.4 is 10.0 Å². The first-order valence-corrected chi connectivity index (χ1v) is 8.82. The monoisotopic (exact) mass is 330 g/mol. The third-order valence-corrected chi connectivity index (χ3v) is 5.54. The van der Waals surface area contributed by atoms with E-state index in [1.807, 2.05) is 0 Å². The lowest BCUT2D eigenvalue weighted by atomic mass is 9.80. The van der Waals surface area contributed by atoms with Crippen LogP contribution in [0.15, 0.2) is 23.1 Å². The van der Waals surface area contributed by atoms with Crippen LogP contribution in [0.4, 0.5) is 4.39 Å². The summed E-state index contributed by atoms with van der Waals surface area (Å²) in [7, 11) is -2.26. The van der Waals surface area contributed by atoms with Gasteiger partial charge in [0.05, 0.1) is 6.61 Å². The van der Waals surface area contributed by atoms with Crippen LogP contribution in [0.3, 0.4) is 0 Å². The van der Waals surface area contributed by atoms with Crippen molar-refractivity contribution in [2.45, 2.75) is 24.7 Å². The number of rotatable bonds is 6. The Labute approximate surface area is 131 Å². The Morgan fingerprint density at radius 2 is 2.05 bits per heavy atom. The molecule has 1 aromatic carbocycles. The maximum absolute atomic E-state index is 13.8. The maximum atomic E-state index is 13.8. The van der Waals surface area contributed by atoms with Gasteiger partial charge in [0.25, 0.3) is 0 Å². The second-order valence-electron chi connectivity index (χ2n) is 5.94. The maximum Gasteiger partial charge on any atom is 0.243 e. The summed E-state index contributed by atoms with van der Waals surface area (Å²) in [6, 6.07) is 4.08. The number of methoxy groups -OCH3 is 1. The van der Waals surface area contributed by atoms with Crippen molar-refractivity contribution in [3.63, 3.8) is 0 Å². The van der Waals surface area contributed by atoms with E-state index < -0.39 is 15.8 Å². The molecule has 1 aliphatic rings. The van der Waals surface area contributed by atoms with Crippen molar-refractivity contribution < 1.29 is 17.5 Å². The van der Waals surface area contributed by atoms with E-state index in [-0.39, 0.29) is 16.9 Å². The number of hydrogen-bond donors (Lipinski definition) is 2. The topological polar surface area (TPSA) is 67.4 Å². The van der Waals surface area contributed by atoms with Gasteiger partial charge in [-0.25, -0.2) is 17.5 Å². The van der Waals surface area contributed by atoms with E-state index in [1.54, 1.807) is 20.1 Å². The average molecular weight is 330 g/mol.